The van der Waals surface area contributed by atoms with Crippen LogP contribution in [0.5, 0.6) is 0 Å². The molecule has 0 N–H and O–H groups in total. The average Bonchev–Trinajstić information content (AvgIpc) is 2.99. The Morgan fingerprint density at radius 1 is 1.07 bits per heavy atom. The standard InChI is InChI=1S/C25H28N2O2/c1-7-20-10-8-9-16(2)24(20)27-18(4)14-22(19(27)5)15-26-23-12-11-21(13-17(23)3)25(28)29-6/h8-15H,7H2,1-6H3. The zero-order valence-corrected chi connectivity index (χ0v) is 18.0. The van der Waals surface area contributed by atoms with Gasteiger partial charge in [0.05, 0.1) is 24.0 Å². The third kappa shape index (κ3) is 4.02. The molecule has 0 spiro atoms. The third-order valence-corrected chi connectivity index (χ3v) is 5.36. The Morgan fingerprint density at radius 3 is 2.48 bits per heavy atom. The van der Waals surface area contributed by atoms with Gasteiger partial charge in [0, 0.05) is 23.2 Å². The van der Waals surface area contributed by atoms with Crippen LogP contribution in [0.3, 0.4) is 0 Å². The number of hydrogen-bond donors (Lipinski definition) is 0. The van der Waals surface area contributed by atoms with Crippen LogP contribution in [0.2, 0.25) is 0 Å². The highest BCUT2D eigenvalue weighted by Crippen LogP contribution is 2.27. The van der Waals surface area contributed by atoms with Crippen molar-refractivity contribution >= 4 is 17.9 Å². The maximum Gasteiger partial charge on any atom is 0.337 e. The highest BCUT2D eigenvalue weighted by molar-refractivity contribution is 5.90. The van der Waals surface area contributed by atoms with Gasteiger partial charge in [-0.15, -0.1) is 0 Å². The number of methoxy groups -OCH3 is 1. The van der Waals surface area contributed by atoms with Crippen LogP contribution in [-0.2, 0) is 11.2 Å². The molecule has 0 fully saturated rings. The highest BCUT2D eigenvalue weighted by Gasteiger charge is 2.14. The van der Waals surface area contributed by atoms with Crippen molar-refractivity contribution in [3.63, 3.8) is 0 Å². The molecule has 0 saturated carbocycles. The molecule has 3 aromatic rings. The number of carbonyl (C=O) groups is 1. The summed E-state index contributed by atoms with van der Waals surface area (Å²) < 4.78 is 7.10. The Labute approximate surface area is 172 Å². The fourth-order valence-electron chi connectivity index (χ4n) is 3.77. The van der Waals surface area contributed by atoms with Gasteiger partial charge in [0.1, 0.15) is 0 Å². The zero-order valence-electron chi connectivity index (χ0n) is 18.0. The Kier molecular flexibility index (Phi) is 6.02. The van der Waals surface area contributed by atoms with Crippen molar-refractivity contribution in [3.8, 4) is 5.69 Å². The first-order chi connectivity index (χ1) is 13.9. The smallest absolute Gasteiger partial charge is 0.337 e. The fourth-order valence-corrected chi connectivity index (χ4v) is 3.77. The lowest BCUT2D eigenvalue weighted by molar-refractivity contribution is 0.0600. The molecular weight excluding hydrogens is 360 g/mol. The average molecular weight is 389 g/mol. The molecule has 0 aliphatic rings. The maximum absolute atomic E-state index is 11.7. The summed E-state index contributed by atoms with van der Waals surface area (Å²) in [5, 5.41) is 0. The molecule has 3 rings (SSSR count). The molecule has 0 bridgehead atoms. The van der Waals surface area contributed by atoms with Gasteiger partial charge in [-0.3, -0.25) is 4.99 Å². The summed E-state index contributed by atoms with van der Waals surface area (Å²) in [6, 6.07) is 14.1. The normalized spacial score (nSPS) is 11.2. The van der Waals surface area contributed by atoms with E-state index in [1.54, 1.807) is 6.07 Å². The van der Waals surface area contributed by atoms with E-state index in [4.69, 9.17) is 4.74 Å². The molecule has 29 heavy (non-hydrogen) atoms. The lowest BCUT2D eigenvalue weighted by atomic mass is 10.1. The minimum atomic E-state index is -0.336. The van der Waals surface area contributed by atoms with Gasteiger partial charge in [0.2, 0.25) is 0 Å². The molecule has 1 aromatic heterocycles. The van der Waals surface area contributed by atoms with Crippen molar-refractivity contribution in [2.24, 2.45) is 4.99 Å². The molecule has 4 nitrogen and oxygen atoms in total. The van der Waals surface area contributed by atoms with E-state index in [9.17, 15) is 4.79 Å². The van der Waals surface area contributed by atoms with E-state index in [1.165, 1.54) is 35.3 Å². The van der Waals surface area contributed by atoms with Gasteiger partial charge in [-0.05, 0) is 75.1 Å². The van der Waals surface area contributed by atoms with E-state index in [2.05, 4.69) is 61.5 Å². The van der Waals surface area contributed by atoms with Crippen molar-refractivity contribution in [2.45, 2.75) is 41.0 Å². The summed E-state index contributed by atoms with van der Waals surface area (Å²) in [6.07, 6.45) is 2.89. The highest BCUT2D eigenvalue weighted by atomic mass is 16.5. The molecule has 0 atom stereocenters. The number of para-hydroxylation sites is 1. The van der Waals surface area contributed by atoms with E-state index in [1.807, 2.05) is 25.3 Å². The molecule has 2 aromatic carbocycles. The van der Waals surface area contributed by atoms with Crippen LogP contribution >= 0.6 is 0 Å². The minimum absolute atomic E-state index is 0.336. The maximum atomic E-state index is 11.7. The van der Waals surface area contributed by atoms with Gasteiger partial charge in [0.15, 0.2) is 0 Å². The van der Waals surface area contributed by atoms with Crippen LogP contribution in [0, 0.1) is 27.7 Å². The van der Waals surface area contributed by atoms with Gasteiger partial charge < -0.3 is 9.30 Å². The second-order valence-corrected chi connectivity index (χ2v) is 7.35. The summed E-state index contributed by atoms with van der Waals surface area (Å²) in [5.41, 5.74) is 9.62. The Hall–Kier alpha value is -3.14. The van der Waals surface area contributed by atoms with Crippen LogP contribution in [0.4, 0.5) is 5.69 Å². The summed E-state index contributed by atoms with van der Waals surface area (Å²) in [4.78, 5) is 16.4. The number of ether oxygens (including phenoxy) is 1. The number of rotatable bonds is 5. The van der Waals surface area contributed by atoms with E-state index in [0.29, 0.717) is 5.56 Å². The van der Waals surface area contributed by atoms with Crippen LogP contribution in [-0.4, -0.2) is 23.9 Å². The van der Waals surface area contributed by atoms with Crippen molar-refractivity contribution < 1.29 is 9.53 Å². The predicted molar refractivity (Wildman–Crippen MR) is 119 cm³/mol. The number of esters is 1. The number of hydrogen-bond acceptors (Lipinski definition) is 3. The number of nitrogens with zero attached hydrogens (tertiary/aromatic N) is 2. The van der Waals surface area contributed by atoms with Crippen molar-refractivity contribution in [3.05, 3.63) is 81.7 Å². The monoisotopic (exact) mass is 388 g/mol. The van der Waals surface area contributed by atoms with Gasteiger partial charge in [-0.2, -0.15) is 0 Å². The SMILES string of the molecule is CCc1cccc(C)c1-n1c(C)cc(C=Nc2ccc(C(=O)OC)cc2C)c1C. The molecule has 1 heterocycles. The van der Waals surface area contributed by atoms with E-state index in [0.717, 1.165) is 23.2 Å². The van der Waals surface area contributed by atoms with Crippen LogP contribution in [0.25, 0.3) is 5.69 Å². The Morgan fingerprint density at radius 2 is 1.83 bits per heavy atom. The Balaban J connectivity index is 1.99. The van der Waals surface area contributed by atoms with Crippen LogP contribution < -0.4 is 0 Å². The Bertz CT molecular complexity index is 1090. The van der Waals surface area contributed by atoms with E-state index in [-0.39, 0.29) is 5.97 Å². The first kappa shape index (κ1) is 20.6. The second-order valence-electron chi connectivity index (χ2n) is 7.35. The molecule has 0 unspecified atom stereocenters. The topological polar surface area (TPSA) is 43.6 Å². The summed E-state index contributed by atoms with van der Waals surface area (Å²) in [6.45, 7) is 10.6. The molecule has 0 aliphatic carbocycles. The number of aryl methyl sites for hydroxylation is 4. The number of aliphatic imine (C=N–C) groups is 1. The molecule has 0 amide bonds. The zero-order chi connectivity index (χ0) is 21.1. The molecule has 0 aliphatic heterocycles. The van der Waals surface area contributed by atoms with Gasteiger partial charge in [-0.25, -0.2) is 4.79 Å². The van der Waals surface area contributed by atoms with Crippen LogP contribution in [0.15, 0.2) is 47.5 Å². The first-order valence-corrected chi connectivity index (χ1v) is 9.88. The summed E-state index contributed by atoms with van der Waals surface area (Å²) >= 11 is 0. The minimum Gasteiger partial charge on any atom is -0.465 e. The van der Waals surface area contributed by atoms with Crippen molar-refractivity contribution in [1.29, 1.82) is 0 Å². The quantitative estimate of drug-likeness (QED) is 0.409. The molecule has 0 radical (unpaired) electrons. The molecule has 150 valence electrons. The molecule has 0 saturated heterocycles. The largest absolute Gasteiger partial charge is 0.465 e. The van der Waals surface area contributed by atoms with Crippen molar-refractivity contribution in [1.82, 2.24) is 4.57 Å². The number of benzene rings is 2. The first-order valence-electron chi connectivity index (χ1n) is 9.88. The summed E-state index contributed by atoms with van der Waals surface area (Å²) in [7, 11) is 1.39. The number of aromatic nitrogens is 1. The van der Waals surface area contributed by atoms with Crippen molar-refractivity contribution in [2.75, 3.05) is 7.11 Å². The summed E-state index contributed by atoms with van der Waals surface area (Å²) in [5.74, 6) is -0.336. The third-order valence-electron chi connectivity index (χ3n) is 5.36. The molecular formula is C25H28N2O2. The predicted octanol–water partition coefficient (Wildman–Crippen LogP) is 5.81. The van der Waals surface area contributed by atoms with E-state index >= 15 is 0 Å². The lowest BCUT2D eigenvalue weighted by Crippen LogP contribution is -2.05. The second kappa shape index (κ2) is 8.48. The fraction of sp³-hybridized carbons (Fsp3) is 0.280. The number of carbonyl (C=O) groups excluding carboxylic acids is 1. The lowest BCUT2D eigenvalue weighted by Gasteiger charge is -2.17. The van der Waals surface area contributed by atoms with Gasteiger partial charge in [-0.1, -0.05) is 25.1 Å². The molecule has 4 heteroatoms. The van der Waals surface area contributed by atoms with Gasteiger partial charge >= 0.3 is 5.97 Å². The van der Waals surface area contributed by atoms with Crippen LogP contribution in [0.1, 0.15) is 50.9 Å². The van der Waals surface area contributed by atoms with E-state index < -0.39 is 0 Å². The van der Waals surface area contributed by atoms with Gasteiger partial charge in [0.25, 0.3) is 0 Å².